The Balaban J connectivity index is 2.21. The summed E-state index contributed by atoms with van der Waals surface area (Å²) in [5.74, 6) is -0.879. The molecule has 0 saturated heterocycles. The van der Waals surface area contributed by atoms with Gasteiger partial charge in [-0.15, -0.1) is 0 Å². The summed E-state index contributed by atoms with van der Waals surface area (Å²) in [6.45, 7) is 3.23. The standard InChI is InChI=1S/C20H20O7/c1-20(2,19(23)25-4)27-16-12(8-9-15(21)17(16)24-3)11-6-5-7-13-14(11)10-26-18(13)22/h5-9,21H,10H2,1-4H3. The molecule has 3 rings (SSSR count). The normalized spacial score (nSPS) is 13.0. The molecular formula is C20H20O7. The number of hydrogen-bond acceptors (Lipinski definition) is 7. The zero-order chi connectivity index (χ0) is 19.8. The molecular weight excluding hydrogens is 352 g/mol. The van der Waals surface area contributed by atoms with Crippen molar-refractivity contribution in [3.63, 3.8) is 0 Å². The summed E-state index contributed by atoms with van der Waals surface area (Å²) in [5.41, 5.74) is 1.08. The average Bonchev–Trinajstić information content (AvgIpc) is 3.02. The third-order valence-corrected chi connectivity index (χ3v) is 4.36. The second-order valence-corrected chi connectivity index (χ2v) is 6.51. The molecule has 0 aliphatic carbocycles. The highest BCUT2D eigenvalue weighted by Gasteiger charge is 2.35. The number of phenols is 1. The molecule has 0 bridgehead atoms. The predicted molar refractivity (Wildman–Crippen MR) is 95.9 cm³/mol. The molecule has 7 nitrogen and oxygen atoms in total. The maximum Gasteiger partial charge on any atom is 0.349 e. The molecule has 0 atom stereocenters. The number of carbonyl (C=O) groups is 2. The Morgan fingerprint density at radius 2 is 1.78 bits per heavy atom. The first-order valence-corrected chi connectivity index (χ1v) is 8.27. The fourth-order valence-electron chi connectivity index (χ4n) is 3.01. The summed E-state index contributed by atoms with van der Waals surface area (Å²) >= 11 is 0. The number of rotatable bonds is 5. The summed E-state index contributed by atoms with van der Waals surface area (Å²) in [5, 5.41) is 10.2. The van der Waals surface area contributed by atoms with Crippen molar-refractivity contribution >= 4 is 11.9 Å². The summed E-state index contributed by atoms with van der Waals surface area (Å²) in [4.78, 5) is 24.0. The second kappa shape index (κ2) is 6.83. The third-order valence-electron chi connectivity index (χ3n) is 4.36. The minimum absolute atomic E-state index is 0.0762. The zero-order valence-corrected chi connectivity index (χ0v) is 15.5. The van der Waals surface area contributed by atoms with E-state index in [0.29, 0.717) is 22.3 Å². The minimum Gasteiger partial charge on any atom is -0.504 e. The van der Waals surface area contributed by atoms with Gasteiger partial charge in [0.15, 0.2) is 17.1 Å². The average molecular weight is 372 g/mol. The lowest BCUT2D eigenvalue weighted by molar-refractivity contribution is -0.156. The molecule has 0 saturated carbocycles. The van der Waals surface area contributed by atoms with E-state index in [1.807, 2.05) is 6.07 Å². The first-order valence-electron chi connectivity index (χ1n) is 8.27. The highest BCUT2D eigenvalue weighted by molar-refractivity contribution is 5.96. The molecule has 1 aliphatic heterocycles. The molecule has 27 heavy (non-hydrogen) atoms. The fraction of sp³-hybridized carbons (Fsp3) is 0.300. The minimum atomic E-state index is -1.34. The van der Waals surface area contributed by atoms with Gasteiger partial charge in [-0.1, -0.05) is 12.1 Å². The summed E-state index contributed by atoms with van der Waals surface area (Å²) in [7, 11) is 2.65. The van der Waals surface area contributed by atoms with Gasteiger partial charge in [0.2, 0.25) is 5.75 Å². The van der Waals surface area contributed by atoms with E-state index in [4.69, 9.17) is 18.9 Å². The van der Waals surface area contributed by atoms with E-state index < -0.39 is 17.5 Å². The van der Waals surface area contributed by atoms with Gasteiger partial charge in [0, 0.05) is 11.1 Å². The lowest BCUT2D eigenvalue weighted by atomic mass is 9.95. The number of carbonyl (C=O) groups excluding carboxylic acids is 2. The monoisotopic (exact) mass is 372 g/mol. The molecule has 0 amide bonds. The van der Waals surface area contributed by atoms with Crippen LogP contribution in [0.15, 0.2) is 30.3 Å². The van der Waals surface area contributed by atoms with Gasteiger partial charge in [-0.3, -0.25) is 0 Å². The van der Waals surface area contributed by atoms with Crippen molar-refractivity contribution < 1.29 is 33.6 Å². The number of esters is 2. The van der Waals surface area contributed by atoms with Gasteiger partial charge in [-0.2, -0.15) is 0 Å². The van der Waals surface area contributed by atoms with E-state index in [2.05, 4.69) is 0 Å². The zero-order valence-electron chi connectivity index (χ0n) is 15.5. The topological polar surface area (TPSA) is 91.3 Å². The first kappa shape index (κ1) is 18.6. The van der Waals surface area contributed by atoms with Crippen molar-refractivity contribution in [2.24, 2.45) is 0 Å². The van der Waals surface area contributed by atoms with Gasteiger partial charge in [-0.25, -0.2) is 9.59 Å². The van der Waals surface area contributed by atoms with Crippen molar-refractivity contribution in [2.45, 2.75) is 26.1 Å². The molecule has 2 aromatic carbocycles. The summed E-state index contributed by atoms with van der Waals surface area (Å²) in [6.07, 6.45) is 0. The van der Waals surface area contributed by atoms with Crippen LogP contribution in [0.5, 0.6) is 17.2 Å². The lowest BCUT2D eigenvalue weighted by Crippen LogP contribution is -2.39. The molecule has 0 unspecified atom stereocenters. The Labute approximate surface area is 156 Å². The highest BCUT2D eigenvalue weighted by Crippen LogP contribution is 2.47. The number of hydrogen-bond donors (Lipinski definition) is 1. The van der Waals surface area contributed by atoms with Crippen molar-refractivity contribution in [2.75, 3.05) is 14.2 Å². The number of benzene rings is 2. The van der Waals surface area contributed by atoms with Gasteiger partial charge in [-0.05, 0) is 37.6 Å². The number of methoxy groups -OCH3 is 2. The fourth-order valence-corrected chi connectivity index (χ4v) is 3.01. The van der Waals surface area contributed by atoms with Crippen LogP contribution in [0.25, 0.3) is 11.1 Å². The van der Waals surface area contributed by atoms with E-state index in [0.717, 1.165) is 0 Å². The Bertz CT molecular complexity index is 915. The quantitative estimate of drug-likeness (QED) is 0.807. The number of phenolic OH excluding ortho intramolecular Hbond substituents is 1. The van der Waals surface area contributed by atoms with Crippen LogP contribution < -0.4 is 9.47 Å². The van der Waals surface area contributed by atoms with Crippen LogP contribution in [-0.4, -0.2) is 36.9 Å². The maximum atomic E-state index is 12.1. The SMILES string of the molecule is COC(=O)C(C)(C)Oc1c(-c2cccc3c2COC3=O)ccc(O)c1OC. The maximum absolute atomic E-state index is 12.1. The van der Waals surface area contributed by atoms with E-state index >= 15 is 0 Å². The van der Waals surface area contributed by atoms with E-state index in [9.17, 15) is 14.7 Å². The van der Waals surface area contributed by atoms with Crippen LogP contribution in [-0.2, 0) is 20.9 Å². The smallest absolute Gasteiger partial charge is 0.349 e. The summed E-state index contributed by atoms with van der Waals surface area (Å²) < 4.78 is 21.2. The molecule has 142 valence electrons. The Morgan fingerprint density at radius 3 is 2.44 bits per heavy atom. The number of aromatic hydroxyl groups is 1. The van der Waals surface area contributed by atoms with Crippen molar-refractivity contribution in [1.29, 1.82) is 0 Å². The molecule has 1 heterocycles. The van der Waals surface area contributed by atoms with Crippen LogP contribution in [0.1, 0.15) is 29.8 Å². The molecule has 1 N–H and O–H groups in total. The van der Waals surface area contributed by atoms with Crippen molar-refractivity contribution in [1.82, 2.24) is 0 Å². The number of ether oxygens (including phenoxy) is 4. The molecule has 1 aliphatic rings. The van der Waals surface area contributed by atoms with Gasteiger partial charge in [0.1, 0.15) is 6.61 Å². The molecule has 2 aromatic rings. The number of cyclic esters (lactones) is 1. The van der Waals surface area contributed by atoms with Crippen LogP contribution in [0.4, 0.5) is 0 Å². The van der Waals surface area contributed by atoms with Crippen molar-refractivity contribution in [3.8, 4) is 28.4 Å². The van der Waals surface area contributed by atoms with Gasteiger partial charge in [0.25, 0.3) is 0 Å². The highest BCUT2D eigenvalue weighted by atomic mass is 16.6. The molecule has 7 heteroatoms. The molecule has 0 spiro atoms. The van der Waals surface area contributed by atoms with Crippen LogP contribution in [0.2, 0.25) is 0 Å². The molecule has 0 fully saturated rings. The first-order chi connectivity index (χ1) is 12.8. The second-order valence-electron chi connectivity index (χ2n) is 6.51. The predicted octanol–water partition coefficient (Wildman–Crippen LogP) is 3.07. The van der Waals surface area contributed by atoms with Crippen molar-refractivity contribution in [3.05, 3.63) is 41.5 Å². The largest absolute Gasteiger partial charge is 0.504 e. The number of fused-ring (bicyclic) bond motifs is 1. The molecule has 0 aromatic heterocycles. The lowest BCUT2D eigenvalue weighted by Gasteiger charge is -2.26. The Morgan fingerprint density at radius 1 is 1.07 bits per heavy atom. The van der Waals surface area contributed by atoms with Gasteiger partial charge in [0.05, 0.1) is 19.8 Å². The van der Waals surface area contributed by atoms with E-state index in [1.165, 1.54) is 20.3 Å². The van der Waals surface area contributed by atoms with Crippen LogP contribution in [0, 0.1) is 0 Å². The van der Waals surface area contributed by atoms with E-state index in [1.54, 1.807) is 32.0 Å². The van der Waals surface area contributed by atoms with Gasteiger partial charge < -0.3 is 24.1 Å². The van der Waals surface area contributed by atoms with E-state index in [-0.39, 0.29) is 23.9 Å². The van der Waals surface area contributed by atoms with Gasteiger partial charge >= 0.3 is 11.9 Å². The molecule has 0 radical (unpaired) electrons. The third kappa shape index (κ3) is 3.16. The Kier molecular flexibility index (Phi) is 4.70. The Hall–Kier alpha value is -3.22. The summed E-state index contributed by atoms with van der Waals surface area (Å²) in [6, 6.07) is 8.33. The van der Waals surface area contributed by atoms with Crippen LogP contribution >= 0.6 is 0 Å². The van der Waals surface area contributed by atoms with Crippen LogP contribution in [0.3, 0.4) is 0 Å².